The molecular weight excluding hydrogens is 260 g/mol. The number of nitrogens with zero attached hydrogens (tertiary/aromatic N) is 1. The number of ether oxygens (including phenoxy) is 1. The molecule has 2 atom stereocenters. The van der Waals surface area contributed by atoms with Gasteiger partial charge in [0, 0.05) is 25.0 Å². The third-order valence-corrected chi connectivity index (χ3v) is 5.23. The van der Waals surface area contributed by atoms with Crippen LogP contribution in [0.4, 0.5) is 0 Å². The van der Waals surface area contributed by atoms with E-state index in [4.69, 9.17) is 4.74 Å². The lowest BCUT2D eigenvalue weighted by Crippen LogP contribution is -2.51. The van der Waals surface area contributed by atoms with Gasteiger partial charge >= 0.3 is 0 Å². The van der Waals surface area contributed by atoms with Crippen molar-refractivity contribution in [1.82, 2.24) is 10.3 Å². The minimum atomic E-state index is 0.243. The molecular formula is C18H28N2O. The highest BCUT2D eigenvalue weighted by atomic mass is 16.5. The van der Waals surface area contributed by atoms with Gasteiger partial charge in [-0.05, 0) is 75.1 Å². The van der Waals surface area contributed by atoms with E-state index in [1.165, 1.54) is 44.1 Å². The zero-order valence-electron chi connectivity index (χ0n) is 13.2. The third kappa shape index (κ3) is 3.64. The van der Waals surface area contributed by atoms with Gasteiger partial charge in [0.2, 0.25) is 0 Å². The van der Waals surface area contributed by atoms with E-state index < -0.39 is 0 Å². The molecule has 0 amide bonds. The number of rotatable bonds is 6. The van der Waals surface area contributed by atoms with E-state index >= 15 is 0 Å². The molecule has 1 saturated heterocycles. The number of pyridine rings is 1. The lowest BCUT2D eigenvalue weighted by molar-refractivity contribution is -0.147. The van der Waals surface area contributed by atoms with Crippen molar-refractivity contribution in [3.8, 4) is 0 Å². The quantitative estimate of drug-likeness (QED) is 0.871. The SMILES string of the molecule is CCCNC(Cc1ccncc1)C1CCOC2(CCC2)C1. The van der Waals surface area contributed by atoms with Gasteiger partial charge in [0.1, 0.15) is 0 Å². The van der Waals surface area contributed by atoms with Gasteiger partial charge in [-0.15, -0.1) is 0 Å². The first kappa shape index (κ1) is 15.0. The third-order valence-electron chi connectivity index (χ3n) is 5.23. The molecule has 1 saturated carbocycles. The fourth-order valence-corrected chi connectivity index (χ4v) is 3.84. The first-order valence-electron chi connectivity index (χ1n) is 8.57. The lowest BCUT2D eigenvalue weighted by atomic mass is 9.70. The average molecular weight is 288 g/mol. The molecule has 2 aliphatic rings. The van der Waals surface area contributed by atoms with Crippen LogP contribution in [0.25, 0.3) is 0 Å². The highest BCUT2D eigenvalue weighted by Gasteiger charge is 2.44. The van der Waals surface area contributed by atoms with Gasteiger partial charge in [-0.2, -0.15) is 0 Å². The molecule has 2 heterocycles. The molecule has 0 bridgehead atoms. The summed E-state index contributed by atoms with van der Waals surface area (Å²) in [5, 5.41) is 3.80. The van der Waals surface area contributed by atoms with Gasteiger partial charge in [-0.3, -0.25) is 4.98 Å². The second-order valence-corrected chi connectivity index (χ2v) is 6.76. The molecule has 1 N–H and O–H groups in total. The van der Waals surface area contributed by atoms with E-state index in [1.807, 2.05) is 12.4 Å². The number of aromatic nitrogens is 1. The number of nitrogens with one attached hydrogen (secondary N) is 1. The minimum absolute atomic E-state index is 0.243. The highest BCUT2D eigenvalue weighted by molar-refractivity contribution is 5.12. The van der Waals surface area contributed by atoms with E-state index in [0.29, 0.717) is 6.04 Å². The average Bonchev–Trinajstić information content (AvgIpc) is 2.51. The van der Waals surface area contributed by atoms with Gasteiger partial charge in [0.15, 0.2) is 0 Å². The fourth-order valence-electron chi connectivity index (χ4n) is 3.84. The molecule has 116 valence electrons. The zero-order chi connectivity index (χ0) is 14.5. The summed E-state index contributed by atoms with van der Waals surface area (Å²) in [5.74, 6) is 0.749. The van der Waals surface area contributed by atoms with Crippen LogP contribution < -0.4 is 5.32 Å². The molecule has 1 aromatic heterocycles. The summed E-state index contributed by atoms with van der Waals surface area (Å²) in [5.41, 5.74) is 1.64. The molecule has 2 unspecified atom stereocenters. The Morgan fingerprint density at radius 1 is 1.38 bits per heavy atom. The van der Waals surface area contributed by atoms with Crippen LogP contribution in [0.3, 0.4) is 0 Å². The Balaban J connectivity index is 1.66. The largest absolute Gasteiger partial charge is 0.375 e. The second-order valence-electron chi connectivity index (χ2n) is 6.76. The molecule has 1 aromatic rings. The van der Waals surface area contributed by atoms with E-state index in [9.17, 15) is 0 Å². The molecule has 2 fully saturated rings. The van der Waals surface area contributed by atoms with Crippen molar-refractivity contribution in [2.75, 3.05) is 13.2 Å². The lowest BCUT2D eigenvalue weighted by Gasteiger charge is -2.49. The predicted molar refractivity (Wildman–Crippen MR) is 85.3 cm³/mol. The van der Waals surface area contributed by atoms with Crippen molar-refractivity contribution in [2.45, 2.75) is 63.5 Å². The van der Waals surface area contributed by atoms with Gasteiger partial charge in [-0.25, -0.2) is 0 Å². The summed E-state index contributed by atoms with van der Waals surface area (Å²) in [6.07, 6.45) is 12.5. The second kappa shape index (κ2) is 6.89. The first-order chi connectivity index (χ1) is 10.3. The molecule has 1 aliphatic carbocycles. The molecule has 0 aromatic carbocycles. The van der Waals surface area contributed by atoms with Crippen molar-refractivity contribution in [3.63, 3.8) is 0 Å². The van der Waals surface area contributed by atoms with E-state index in [1.54, 1.807) is 0 Å². The van der Waals surface area contributed by atoms with Crippen LogP contribution in [0.1, 0.15) is 51.0 Å². The van der Waals surface area contributed by atoms with E-state index in [2.05, 4.69) is 29.4 Å². The molecule has 1 aliphatic heterocycles. The van der Waals surface area contributed by atoms with Crippen LogP contribution in [-0.4, -0.2) is 29.8 Å². The van der Waals surface area contributed by atoms with Crippen LogP contribution >= 0.6 is 0 Å². The predicted octanol–water partition coefficient (Wildman–Crippen LogP) is 3.34. The summed E-state index contributed by atoms with van der Waals surface area (Å²) in [6.45, 7) is 4.30. The van der Waals surface area contributed by atoms with Crippen LogP contribution in [-0.2, 0) is 11.2 Å². The van der Waals surface area contributed by atoms with Crippen LogP contribution in [0, 0.1) is 5.92 Å². The maximum atomic E-state index is 6.10. The first-order valence-corrected chi connectivity index (χ1v) is 8.57. The van der Waals surface area contributed by atoms with Crippen molar-refractivity contribution in [3.05, 3.63) is 30.1 Å². The van der Waals surface area contributed by atoms with E-state index in [0.717, 1.165) is 25.5 Å². The van der Waals surface area contributed by atoms with Crippen LogP contribution in [0.15, 0.2) is 24.5 Å². The Hall–Kier alpha value is -0.930. The molecule has 0 radical (unpaired) electrons. The molecule has 3 heteroatoms. The monoisotopic (exact) mass is 288 g/mol. The summed E-state index contributed by atoms with van der Waals surface area (Å²) < 4.78 is 6.10. The van der Waals surface area contributed by atoms with Crippen molar-refractivity contribution in [2.24, 2.45) is 5.92 Å². The highest BCUT2D eigenvalue weighted by Crippen LogP contribution is 2.45. The summed E-state index contributed by atoms with van der Waals surface area (Å²) in [7, 11) is 0. The molecule has 21 heavy (non-hydrogen) atoms. The maximum absolute atomic E-state index is 6.10. The summed E-state index contributed by atoms with van der Waals surface area (Å²) in [4.78, 5) is 4.13. The summed E-state index contributed by atoms with van der Waals surface area (Å²) >= 11 is 0. The van der Waals surface area contributed by atoms with E-state index in [-0.39, 0.29) is 5.60 Å². The smallest absolute Gasteiger partial charge is 0.0685 e. The Morgan fingerprint density at radius 2 is 2.19 bits per heavy atom. The number of hydrogen-bond acceptors (Lipinski definition) is 3. The van der Waals surface area contributed by atoms with Crippen molar-refractivity contribution in [1.29, 1.82) is 0 Å². The van der Waals surface area contributed by atoms with Gasteiger partial charge in [0.25, 0.3) is 0 Å². The maximum Gasteiger partial charge on any atom is 0.0685 e. The van der Waals surface area contributed by atoms with Gasteiger partial charge < -0.3 is 10.1 Å². The molecule has 3 rings (SSSR count). The Morgan fingerprint density at radius 3 is 2.86 bits per heavy atom. The Labute approximate surface area is 128 Å². The Kier molecular flexibility index (Phi) is 4.91. The van der Waals surface area contributed by atoms with Gasteiger partial charge in [-0.1, -0.05) is 6.92 Å². The number of hydrogen-bond donors (Lipinski definition) is 1. The van der Waals surface area contributed by atoms with Crippen molar-refractivity contribution >= 4 is 0 Å². The van der Waals surface area contributed by atoms with Gasteiger partial charge in [0.05, 0.1) is 5.60 Å². The normalized spacial score (nSPS) is 25.5. The van der Waals surface area contributed by atoms with Crippen molar-refractivity contribution < 1.29 is 4.74 Å². The fraction of sp³-hybridized carbons (Fsp3) is 0.722. The molecule has 3 nitrogen and oxygen atoms in total. The summed E-state index contributed by atoms with van der Waals surface area (Å²) in [6, 6.07) is 4.88. The Bertz CT molecular complexity index is 430. The topological polar surface area (TPSA) is 34.2 Å². The zero-order valence-corrected chi connectivity index (χ0v) is 13.2. The molecule has 1 spiro atoms. The van der Waals surface area contributed by atoms with Crippen LogP contribution in [0.5, 0.6) is 0 Å². The standard InChI is InChI=1S/C18H28N2O/c1-2-9-20-17(13-15-4-10-19-11-5-15)16-6-12-21-18(14-16)7-3-8-18/h4-5,10-11,16-17,20H,2-3,6-9,12-14H2,1H3. The van der Waals surface area contributed by atoms with Crippen LogP contribution in [0.2, 0.25) is 0 Å². The minimum Gasteiger partial charge on any atom is -0.375 e.